The maximum atomic E-state index is 13.0. The average molecular weight is 417 g/mol. The van der Waals surface area contributed by atoms with Crippen molar-refractivity contribution in [2.45, 2.75) is 38.5 Å². The molecule has 7 heteroatoms. The molecule has 1 fully saturated rings. The number of carbonyl (C=O) groups excluding carboxylic acids is 1. The number of methoxy groups -OCH3 is 1. The van der Waals surface area contributed by atoms with Gasteiger partial charge in [-0.2, -0.15) is 4.31 Å². The lowest BCUT2D eigenvalue weighted by Crippen LogP contribution is -2.43. The second-order valence-corrected chi connectivity index (χ2v) is 9.58. The van der Waals surface area contributed by atoms with Crippen LogP contribution in [0.25, 0.3) is 0 Å². The number of nitrogens with one attached hydrogen (secondary N) is 1. The molecule has 0 aromatic heterocycles. The highest BCUT2D eigenvalue weighted by Crippen LogP contribution is 2.27. The smallest absolute Gasteiger partial charge is 0.243 e. The Kier molecular flexibility index (Phi) is 6.29. The first-order valence-corrected chi connectivity index (χ1v) is 11.2. The lowest BCUT2D eigenvalue weighted by atomic mass is 9.98. The zero-order valence-corrected chi connectivity index (χ0v) is 18.2. The molecule has 6 nitrogen and oxygen atoms in total. The predicted octanol–water partition coefficient (Wildman–Crippen LogP) is 3.66. The molecule has 0 aliphatic carbocycles. The Bertz CT molecular complexity index is 977. The van der Waals surface area contributed by atoms with Crippen molar-refractivity contribution in [2.24, 2.45) is 5.92 Å². The van der Waals surface area contributed by atoms with E-state index in [2.05, 4.69) is 5.32 Å². The van der Waals surface area contributed by atoms with E-state index in [4.69, 9.17) is 4.74 Å². The zero-order chi connectivity index (χ0) is 21.2. The van der Waals surface area contributed by atoms with Crippen LogP contribution in [0, 0.1) is 26.7 Å². The summed E-state index contributed by atoms with van der Waals surface area (Å²) in [5.74, 6) is 0.0928. The van der Waals surface area contributed by atoms with Crippen LogP contribution in [-0.2, 0) is 14.8 Å². The van der Waals surface area contributed by atoms with Crippen LogP contribution in [-0.4, -0.2) is 38.8 Å². The van der Waals surface area contributed by atoms with Gasteiger partial charge < -0.3 is 10.1 Å². The molecule has 156 valence electrons. The normalized spacial score (nSPS) is 17.7. The summed E-state index contributed by atoms with van der Waals surface area (Å²) in [4.78, 5) is 13.1. The zero-order valence-electron chi connectivity index (χ0n) is 17.4. The number of hydrogen-bond acceptors (Lipinski definition) is 4. The predicted molar refractivity (Wildman–Crippen MR) is 114 cm³/mol. The molecule has 1 N–H and O–H groups in total. The Hall–Kier alpha value is -2.38. The minimum Gasteiger partial charge on any atom is -0.497 e. The van der Waals surface area contributed by atoms with Crippen molar-refractivity contribution in [3.63, 3.8) is 0 Å². The molecule has 1 saturated heterocycles. The van der Waals surface area contributed by atoms with Gasteiger partial charge in [0, 0.05) is 18.8 Å². The molecule has 1 aliphatic heterocycles. The van der Waals surface area contributed by atoms with Crippen LogP contribution in [0.5, 0.6) is 5.75 Å². The van der Waals surface area contributed by atoms with Crippen molar-refractivity contribution in [3.8, 4) is 5.75 Å². The maximum absolute atomic E-state index is 13.0. The van der Waals surface area contributed by atoms with E-state index in [1.807, 2.05) is 32.9 Å². The molecule has 2 aromatic carbocycles. The number of ether oxygens (including phenoxy) is 1. The van der Waals surface area contributed by atoms with Crippen molar-refractivity contribution < 1.29 is 17.9 Å². The van der Waals surface area contributed by atoms with E-state index < -0.39 is 10.0 Å². The van der Waals surface area contributed by atoms with Crippen molar-refractivity contribution in [3.05, 3.63) is 53.1 Å². The molecule has 29 heavy (non-hydrogen) atoms. The number of piperidine rings is 1. The standard InChI is InChI=1S/C22H28N2O4S/c1-15-12-16(2)21(17(3)13-15)23-22(25)18-6-5-11-24(14-18)29(26,27)20-9-7-19(28-4)8-10-20/h7-10,12-13,18H,5-6,11,14H2,1-4H3,(H,23,25)/t18-/m0/s1. The summed E-state index contributed by atoms with van der Waals surface area (Å²) in [5.41, 5.74) is 3.98. The molecule has 0 unspecified atom stereocenters. The highest BCUT2D eigenvalue weighted by atomic mass is 32.2. The molecule has 2 aromatic rings. The van der Waals surface area contributed by atoms with Gasteiger partial charge in [0.15, 0.2) is 0 Å². The second-order valence-electron chi connectivity index (χ2n) is 7.64. The number of aryl methyl sites for hydroxylation is 3. The van der Waals surface area contributed by atoms with Gasteiger partial charge in [-0.3, -0.25) is 4.79 Å². The van der Waals surface area contributed by atoms with E-state index in [0.717, 1.165) is 22.4 Å². The lowest BCUT2D eigenvalue weighted by molar-refractivity contribution is -0.120. The molecule has 1 atom stereocenters. The van der Waals surface area contributed by atoms with Gasteiger partial charge in [0.05, 0.1) is 17.9 Å². The summed E-state index contributed by atoms with van der Waals surface area (Å²) < 4.78 is 32.5. The molecule has 1 amide bonds. The summed E-state index contributed by atoms with van der Waals surface area (Å²) in [7, 11) is -2.11. The third kappa shape index (κ3) is 4.62. The second kappa shape index (κ2) is 8.55. The molecule has 0 saturated carbocycles. The van der Waals surface area contributed by atoms with Gasteiger partial charge in [0.2, 0.25) is 15.9 Å². The van der Waals surface area contributed by atoms with Gasteiger partial charge in [0.1, 0.15) is 5.75 Å². The van der Waals surface area contributed by atoms with Crippen molar-refractivity contribution in [1.82, 2.24) is 4.31 Å². The molecule has 1 heterocycles. The van der Waals surface area contributed by atoms with E-state index in [1.54, 1.807) is 12.1 Å². The summed E-state index contributed by atoms with van der Waals surface area (Å²) in [6.45, 7) is 6.56. The molecule has 0 bridgehead atoms. The molecule has 0 radical (unpaired) electrons. The summed E-state index contributed by atoms with van der Waals surface area (Å²) in [5, 5.41) is 3.03. The van der Waals surface area contributed by atoms with Gasteiger partial charge >= 0.3 is 0 Å². The Morgan fingerprint density at radius 3 is 2.31 bits per heavy atom. The number of sulfonamides is 1. The van der Waals surface area contributed by atoms with E-state index in [-0.39, 0.29) is 23.3 Å². The Morgan fingerprint density at radius 2 is 1.72 bits per heavy atom. The monoisotopic (exact) mass is 416 g/mol. The fourth-order valence-corrected chi connectivity index (χ4v) is 5.40. The molecule has 1 aliphatic rings. The van der Waals surface area contributed by atoms with Crippen LogP contribution in [0.1, 0.15) is 29.5 Å². The van der Waals surface area contributed by atoms with E-state index in [0.29, 0.717) is 25.1 Å². The number of rotatable bonds is 5. The van der Waals surface area contributed by atoms with E-state index in [9.17, 15) is 13.2 Å². The number of amides is 1. The van der Waals surface area contributed by atoms with Crippen molar-refractivity contribution >= 4 is 21.6 Å². The minimum absolute atomic E-state index is 0.130. The fraction of sp³-hybridized carbons (Fsp3) is 0.409. The Morgan fingerprint density at radius 1 is 1.10 bits per heavy atom. The highest BCUT2D eigenvalue weighted by Gasteiger charge is 2.33. The van der Waals surface area contributed by atoms with E-state index >= 15 is 0 Å². The number of anilines is 1. The highest BCUT2D eigenvalue weighted by molar-refractivity contribution is 7.89. The first-order valence-electron chi connectivity index (χ1n) is 9.75. The first-order chi connectivity index (χ1) is 13.7. The molecule has 3 rings (SSSR count). The fourth-order valence-electron chi connectivity index (χ4n) is 3.87. The summed E-state index contributed by atoms with van der Waals surface area (Å²) >= 11 is 0. The maximum Gasteiger partial charge on any atom is 0.243 e. The average Bonchev–Trinajstić information content (AvgIpc) is 2.70. The van der Waals surface area contributed by atoms with Crippen LogP contribution < -0.4 is 10.1 Å². The third-order valence-corrected chi connectivity index (χ3v) is 7.26. The number of benzene rings is 2. The summed E-state index contributed by atoms with van der Waals surface area (Å²) in [6.07, 6.45) is 1.32. The van der Waals surface area contributed by atoms with Gasteiger partial charge in [0.25, 0.3) is 0 Å². The molecular weight excluding hydrogens is 388 g/mol. The quantitative estimate of drug-likeness (QED) is 0.807. The van der Waals surface area contributed by atoms with Gasteiger partial charge in [-0.05, 0) is 69.0 Å². The van der Waals surface area contributed by atoms with Gasteiger partial charge in [-0.25, -0.2) is 8.42 Å². The summed E-state index contributed by atoms with van der Waals surface area (Å²) in [6, 6.07) is 10.4. The van der Waals surface area contributed by atoms with Gasteiger partial charge in [-0.1, -0.05) is 17.7 Å². The lowest BCUT2D eigenvalue weighted by Gasteiger charge is -2.31. The topological polar surface area (TPSA) is 75.7 Å². The molecular formula is C22H28N2O4S. The molecule has 0 spiro atoms. The van der Waals surface area contributed by atoms with Crippen LogP contribution in [0.2, 0.25) is 0 Å². The largest absolute Gasteiger partial charge is 0.497 e. The number of carbonyl (C=O) groups is 1. The van der Waals surface area contributed by atoms with Crippen LogP contribution in [0.4, 0.5) is 5.69 Å². The Balaban J connectivity index is 1.75. The number of hydrogen-bond donors (Lipinski definition) is 1. The van der Waals surface area contributed by atoms with Crippen molar-refractivity contribution in [2.75, 3.05) is 25.5 Å². The Labute approximate surface area is 172 Å². The van der Waals surface area contributed by atoms with Crippen LogP contribution >= 0.6 is 0 Å². The first kappa shape index (κ1) is 21.3. The SMILES string of the molecule is COc1ccc(S(=O)(=O)N2CCC[C@H](C(=O)Nc3c(C)cc(C)cc3C)C2)cc1. The van der Waals surface area contributed by atoms with Gasteiger partial charge in [-0.15, -0.1) is 0 Å². The van der Waals surface area contributed by atoms with Crippen LogP contribution in [0.3, 0.4) is 0 Å². The van der Waals surface area contributed by atoms with Crippen LogP contribution in [0.15, 0.2) is 41.3 Å². The minimum atomic E-state index is -3.65. The third-order valence-electron chi connectivity index (χ3n) is 5.38. The number of nitrogens with zero attached hydrogens (tertiary/aromatic N) is 1. The van der Waals surface area contributed by atoms with E-state index in [1.165, 1.54) is 23.5 Å². The van der Waals surface area contributed by atoms with Crippen molar-refractivity contribution in [1.29, 1.82) is 0 Å².